The highest BCUT2D eigenvalue weighted by atomic mass is 16.5. The molecule has 7 heteroatoms. The van der Waals surface area contributed by atoms with Gasteiger partial charge in [-0.2, -0.15) is 0 Å². The lowest BCUT2D eigenvalue weighted by Gasteiger charge is -2.17. The summed E-state index contributed by atoms with van der Waals surface area (Å²) < 4.78 is 4.63. The lowest BCUT2D eigenvalue weighted by molar-refractivity contribution is -0.147. The average Bonchev–Trinajstić information content (AvgIpc) is 2.37. The van der Waals surface area contributed by atoms with E-state index in [2.05, 4.69) is 9.72 Å². The molecule has 1 aromatic rings. The number of aromatic carboxylic acids is 1. The van der Waals surface area contributed by atoms with Crippen LogP contribution in [0.5, 0.6) is 0 Å². The molecule has 19 heavy (non-hydrogen) atoms. The number of carboxylic acid groups (broad SMARTS) is 1. The van der Waals surface area contributed by atoms with E-state index in [9.17, 15) is 19.8 Å². The van der Waals surface area contributed by atoms with Crippen molar-refractivity contribution in [3.63, 3.8) is 0 Å². The number of esters is 1. The SMILES string of the molecule is CCOC(=O)CC(O)C(O)c1ncccc1C(=O)O. The van der Waals surface area contributed by atoms with E-state index >= 15 is 0 Å². The Balaban J connectivity index is 2.85. The highest BCUT2D eigenvalue weighted by Gasteiger charge is 2.27. The highest BCUT2D eigenvalue weighted by Crippen LogP contribution is 2.20. The van der Waals surface area contributed by atoms with E-state index in [1.54, 1.807) is 6.92 Å². The molecule has 1 aromatic heterocycles. The maximum Gasteiger partial charge on any atom is 0.337 e. The Hall–Kier alpha value is -1.99. The van der Waals surface area contributed by atoms with Crippen LogP contribution in [0.25, 0.3) is 0 Å². The summed E-state index contributed by atoms with van der Waals surface area (Å²) in [5.74, 6) is -1.95. The summed E-state index contributed by atoms with van der Waals surface area (Å²) in [6.45, 7) is 1.77. The number of aromatic nitrogens is 1. The van der Waals surface area contributed by atoms with Gasteiger partial charge < -0.3 is 20.1 Å². The first-order chi connectivity index (χ1) is 8.97. The van der Waals surface area contributed by atoms with Gasteiger partial charge in [0.2, 0.25) is 0 Å². The van der Waals surface area contributed by atoms with Gasteiger partial charge in [-0.05, 0) is 19.1 Å². The van der Waals surface area contributed by atoms with E-state index in [1.165, 1.54) is 18.3 Å². The largest absolute Gasteiger partial charge is 0.478 e. The van der Waals surface area contributed by atoms with Gasteiger partial charge in [0, 0.05) is 6.20 Å². The second kappa shape index (κ2) is 6.81. The second-order valence-electron chi connectivity index (χ2n) is 3.76. The van der Waals surface area contributed by atoms with Crippen LogP contribution in [0.4, 0.5) is 0 Å². The van der Waals surface area contributed by atoms with Gasteiger partial charge in [-0.15, -0.1) is 0 Å². The van der Waals surface area contributed by atoms with Gasteiger partial charge >= 0.3 is 11.9 Å². The number of rotatable bonds is 6. The third-order valence-electron chi connectivity index (χ3n) is 2.39. The predicted molar refractivity (Wildman–Crippen MR) is 63.4 cm³/mol. The van der Waals surface area contributed by atoms with Gasteiger partial charge in [0.1, 0.15) is 6.10 Å². The first-order valence-corrected chi connectivity index (χ1v) is 5.67. The van der Waals surface area contributed by atoms with Crippen LogP contribution >= 0.6 is 0 Å². The predicted octanol–water partition coefficient (Wildman–Crippen LogP) is 0.127. The summed E-state index contributed by atoms with van der Waals surface area (Å²) in [6.07, 6.45) is -2.20. The molecule has 0 aromatic carbocycles. The highest BCUT2D eigenvalue weighted by molar-refractivity contribution is 5.88. The van der Waals surface area contributed by atoms with Crippen molar-refractivity contribution in [1.29, 1.82) is 0 Å². The molecule has 0 radical (unpaired) electrons. The molecular weight excluding hydrogens is 254 g/mol. The fraction of sp³-hybridized carbons (Fsp3) is 0.417. The number of pyridine rings is 1. The van der Waals surface area contributed by atoms with Crippen LogP contribution in [-0.4, -0.2) is 45.0 Å². The number of hydrogen-bond acceptors (Lipinski definition) is 6. The average molecular weight is 269 g/mol. The molecule has 0 aliphatic carbocycles. The molecule has 2 atom stereocenters. The standard InChI is InChI=1S/C12H15NO6/c1-2-19-9(15)6-8(14)11(16)10-7(12(17)18)4-3-5-13-10/h3-5,8,11,14,16H,2,6H2,1H3,(H,17,18). The van der Waals surface area contributed by atoms with Crippen molar-refractivity contribution < 1.29 is 29.6 Å². The Morgan fingerprint density at radius 3 is 2.68 bits per heavy atom. The fourth-order valence-corrected chi connectivity index (χ4v) is 1.52. The van der Waals surface area contributed by atoms with Crippen LogP contribution in [0.2, 0.25) is 0 Å². The molecule has 0 fully saturated rings. The van der Waals surface area contributed by atoms with E-state index in [1.807, 2.05) is 0 Å². The Bertz CT molecular complexity index is 461. The van der Waals surface area contributed by atoms with Crippen molar-refractivity contribution in [2.45, 2.75) is 25.6 Å². The zero-order chi connectivity index (χ0) is 14.4. The smallest absolute Gasteiger partial charge is 0.337 e. The number of aliphatic hydroxyl groups is 2. The second-order valence-corrected chi connectivity index (χ2v) is 3.76. The quantitative estimate of drug-likeness (QED) is 0.628. The number of ether oxygens (including phenoxy) is 1. The van der Waals surface area contributed by atoms with E-state index < -0.39 is 30.6 Å². The molecule has 0 bridgehead atoms. The third-order valence-corrected chi connectivity index (χ3v) is 2.39. The lowest BCUT2D eigenvalue weighted by Crippen LogP contribution is -2.25. The van der Waals surface area contributed by atoms with Crippen LogP contribution in [0.15, 0.2) is 18.3 Å². The zero-order valence-electron chi connectivity index (χ0n) is 10.3. The molecule has 7 nitrogen and oxygen atoms in total. The molecular formula is C12H15NO6. The van der Waals surface area contributed by atoms with Crippen molar-refractivity contribution in [1.82, 2.24) is 4.98 Å². The number of nitrogens with zero attached hydrogens (tertiary/aromatic N) is 1. The van der Waals surface area contributed by atoms with E-state index in [0.29, 0.717) is 0 Å². The van der Waals surface area contributed by atoms with Gasteiger partial charge in [0.05, 0.1) is 30.4 Å². The molecule has 1 heterocycles. The first kappa shape index (κ1) is 15.1. The van der Waals surface area contributed by atoms with Gasteiger partial charge in [0.25, 0.3) is 0 Å². The van der Waals surface area contributed by atoms with Crippen LogP contribution < -0.4 is 0 Å². The van der Waals surface area contributed by atoms with Crippen LogP contribution in [-0.2, 0) is 9.53 Å². The van der Waals surface area contributed by atoms with Gasteiger partial charge in [-0.25, -0.2) is 4.79 Å². The third kappa shape index (κ3) is 4.01. The molecule has 0 saturated heterocycles. The van der Waals surface area contributed by atoms with Crippen LogP contribution in [0, 0.1) is 0 Å². The number of carboxylic acids is 1. The summed E-state index contributed by atoms with van der Waals surface area (Å²) in [6, 6.07) is 2.66. The zero-order valence-corrected chi connectivity index (χ0v) is 10.3. The van der Waals surface area contributed by atoms with Crippen molar-refractivity contribution in [3.05, 3.63) is 29.6 Å². The summed E-state index contributed by atoms with van der Waals surface area (Å²) in [5.41, 5.74) is -0.412. The molecule has 0 aliphatic rings. The fourth-order valence-electron chi connectivity index (χ4n) is 1.52. The molecule has 0 spiro atoms. The minimum Gasteiger partial charge on any atom is -0.478 e. The molecule has 2 unspecified atom stereocenters. The van der Waals surface area contributed by atoms with Crippen molar-refractivity contribution >= 4 is 11.9 Å². The van der Waals surface area contributed by atoms with E-state index in [4.69, 9.17) is 5.11 Å². The maximum atomic E-state index is 11.2. The van der Waals surface area contributed by atoms with Crippen molar-refractivity contribution in [2.75, 3.05) is 6.61 Å². The molecule has 3 N–H and O–H groups in total. The number of aliphatic hydroxyl groups excluding tert-OH is 2. The molecule has 104 valence electrons. The minimum atomic E-state index is -1.57. The normalized spacial score (nSPS) is 13.6. The van der Waals surface area contributed by atoms with Gasteiger partial charge in [-0.3, -0.25) is 9.78 Å². The minimum absolute atomic E-state index is 0.158. The maximum absolute atomic E-state index is 11.2. The number of carbonyl (C=O) groups excluding carboxylic acids is 1. The van der Waals surface area contributed by atoms with Gasteiger partial charge in [-0.1, -0.05) is 0 Å². The van der Waals surface area contributed by atoms with Crippen LogP contribution in [0.3, 0.4) is 0 Å². The van der Waals surface area contributed by atoms with Crippen LogP contribution in [0.1, 0.15) is 35.5 Å². The Labute approximate surface area is 109 Å². The lowest BCUT2D eigenvalue weighted by atomic mass is 10.0. The summed E-state index contributed by atoms with van der Waals surface area (Å²) >= 11 is 0. The topological polar surface area (TPSA) is 117 Å². The molecule has 0 saturated carbocycles. The molecule has 0 amide bonds. The van der Waals surface area contributed by atoms with Crippen molar-refractivity contribution in [3.8, 4) is 0 Å². The number of hydrogen-bond donors (Lipinski definition) is 3. The summed E-state index contributed by atoms with van der Waals surface area (Å²) in [7, 11) is 0. The summed E-state index contributed by atoms with van der Waals surface area (Å²) in [5, 5.41) is 28.5. The van der Waals surface area contributed by atoms with Gasteiger partial charge in [0.15, 0.2) is 0 Å². The first-order valence-electron chi connectivity index (χ1n) is 5.67. The van der Waals surface area contributed by atoms with E-state index in [-0.39, 0.29) is 17.9 Å². The molecule has 1 rings (SSSR count). The monoisotopic (exact) mass is 269 g/mol. The van der Waals surface area contributed by atoms with Crippen molar-refractivity contribution in [2.24, 2.45) is 0 Å². The van der Waals surface area contributed by atoms with E-state index in [0.717, 1.165) is 0 Å². The number of carbonyl (C=O) groups is 2. The Morgan fingerprint density at radius 2 is 2.11 bits per heavy atom. The Morgan fingerprint density at radius 1 is 1.42 bits per heavy atom. The summed E-state index contributed by atoms with van der Waals surface area (Å²) in [4.78, 5) is 25.9. The Kier molecular flexibility index (Phi) is 5.40. The molecule has 0 aliphatic heterocycles.